The van der Waals surface area contributed by atoms with Gasteiger partial charge >= 0.3 is 0 Å². The lowest BCUT2D eigenvalue weighted by atomic mass is 9.91. The molecule has 1 nitrogen and oxygen atoms in total. The highest BCUT2D eigenvalue weighted by Gasteiger charge is 2.15. The molecule has 0 N–H and O–H groups in total. The summed E-state index contributed by atoms with van der Waals surface area (Å²) in [7, 11) is 0. The molecule has 0 aliphatic heterocycles. The predicted molar refractivity (Wildman–Crippen MR) is 46.8 cm³/mol. The van der Waals surface area contributed by atoms with Crippen LogP contribution in [0.4, 0.5) is 0 Å². The summed E-state index contributed by atoms with van der Waals surface area (Å²) in [4.78, 5) is 11.2. The SMILES string of the molecule is C#CCCC(=O)C(C)[C](C)C. The lowest BCUT2D eigenvalue weighted by Crippen LogP contribution is -2.14. The predicted octanol–water partition coefficient (Wildman–Crippen LogP) is 2.22. The van der Waals surface area contributed by atoms with Gasteiger partial charge in [-0.1, -0.05) is 20.8 Å². The van der Waals surface area contributed by atoms with E-state index >= 15 is 0 Å². The smallest absolute Gasteiger partial charge is 0.137 e. The topological polar surface area (TPSA) is 17.1 Å². The molecule has 1 heteroatoms. The normalized spacial score (nSPS) is 12.6. The molecule has 0 saturated carbocycles. The first-order valence-electron chi connectivity index (χ1n) is 3.85. The molecule has 0 amide bonds. The Bertz CT molecular complexity index is 162. The highest BCUT2D eigenvalue weighted by atomic mass is 16.1. The Kier molecular flexibility index (Phi) is 4.61. The van der Waals surface area contributed by atoms with Crippen LogP contribution in [-0.2, 0) is 4.79 Å². The van der Waals surface area contributed by atoms with Crippen LogP contribution in [0.15, 0.2) is 0 Å². The van der Waals surface area contributed by atoms with Gasteiger partial charge in [0.1, 0.15) is 5.78 Å². The number of terminal acetylenes is 1. The summed E-state index contributed by atoms with van der Waals surface area (Å²) < 4.78 is 0. The van der Waals surface area contributed by atoms with E-state index in [-0.39, 0.29) is 11.7 Å². The van der Waals surface area contributed by atoms with Gasteiger partial charge in [0.15, 0.2) is 0 Å². The minimum atomic E-state index is 0.0725. The Morgan fingerprint density at radius 1 is 1.55 bits per heavy atom. The van der Waals surface area contributed by atoms with Gasteiger partial charge < -0.3 is 0 Å². The van der Waals surface area contributed by atoms with Crippen molar-refractivity contribution >= 4 is 5.78 Å². The van der Waals surface area contributed by atoms with E-state index in [9.17, 15) is 4.79 Å². The summed E-state index contributed by atoms with van der Waals surface area (Å²) in [6, 6.07) is 0. The van der Waals surface area contributed by atoms with Gasteiger partial charge in [-0.3, -0.25) is 4.79 Å². The summed E-state index contributed by atoms with van der Waals surface area (Å²) in [6.07, 6.45) is 6.13. The molecule has 0 aliphatic carbocycles. The second-order valence-corrected chi connectivity index (χ2v) is 2.97. The van der Waals surface area contributed by atoms with Crippen LogP contribution in [0, 0.1) is 24.2 Å². The minimum Gasteiger partial charge on any atom is -0.299 e. The third kappa shape index (κ3) is 3.83. The summed E-state index contributed by atoms with van der Waals surface area (Å²) in [6.45, 7) is 5.87. The first-order chi connectivity index (χ1) is 5.09. The molecule has 0 bridgehead atoms. The van der Waals surface area contributed by atoms with Gasteiger partial charge in [0.25, 0.3) is 0 Å². The standard InChI is InChI=1S/C10H15O/c1-5-6-7-10(11)9(4)8(2)3/h1,9H,6-7H2,2-4H3. The molecule has 0 aliphatic rings. The largest absolute Gasteiger partial charge is 0.299 e. The van der Waals surface area contributed by atoms with Crippen molar-refractivity contribution in [1.82, 2.24) is 0 Å². The molecule has 11 heavy (non-hydrogen) atoms. The van der Waals surface area contributed by atoms with Gasteiger partial charge in [0.2, 0.25) is 0 Å². The van der Waals surface area contributed by atoms with E-state index in [0.717, 1.165) is 5.92 Å². The van der Waals surface area contributed by atoms with E-state index in [1.807, 2.05) is 20.8 Å². The summed E-state index contributed by atoms with van der Waals surface area (Å²) in [5.41, 5.74) is 0. The van der Waals surface area contributed by atoms with Crippen molar-refractivity contribution < 1.29 is 4.79 Å². The highest BCUT2D eigenvalue weighted by molar-refractivity contribution is 5.82. The van der Waals surface area contributed by atoms with E-state index in [2.05, 4.69) is 5.92 Å². The number of rotatable bonds is 4. The van der Waals surface area contributed by atoms with E-state index < -0.39 is 0 Å². The molecular formula is C10H15O. The molecule has 0 fully saturated rings. The number of ketones is 1. The monoisotopic (exact) mass is 151 g/mol. The van der Waals surface area contributed by atoms with Crippen LogP contribution in [0.3, 0.4) is 0 Å². The molecule has 1 atom stereocenters. The number of carbonyl (C=O) groups is 1. The van der Waals surface area contributed by atoms with Crippen molar-refractivity contribution in [3.8, 4) is 12.3 Å². The lowest BCUT2D eigenvalue weighted by Gasteiger charge is -2.11. The number of carbonyl (C=O) groups excluding carboxylic acids is 1. The van der Waals surface area contributed by atoms with Crippen molar-refractivity contribution in [3.05, 3.63) is 5.92 Å². The Morgan fingerprint density at radius 3 is 2.45 bits per heavy atom. The molecular weight excluding hydrogens is 136 g/mol. The van der Waals surface area contributed by atoms with Crippen molar-refractivity contribution in [3.63, 3.8) is 0 Å². The summed E-state index contributed by atoms with van der Waals surface area (Å²) in [5, 5.41) is 0. The number of hydrogen-bond donors (Lipinski definition) is 0. The van der Waals surface area contributed by atoms with E-state index in [1.54, 1.807) is 0 Å². The first-order valence-corrected chi connectivity index (χ1v) is 3.85. The van der Waals surface area contributed by atoms with Gasteiger partial charge in [-0.15, -0.1) is 12.3 Å². The molecule has 0 saturated heterocycles. The Hall–Kier alpha value is -0.770. The maximum absolute atomic E-state index is 11.2. The van der Waals surface area contributed by atoms with Crippen LogP contribution in [0.5, 0.6) is 0 Å². The second kappa shape index (κ2) is 4.96. The zero-order valence-electron chi connectivity index (χ0n) is 7.48. The van der Waals surface area contributed by atoms with E-state index in [1.165, 1.54) is 0 Å². The number of Topliss-reactive ketones (excluding diaryl/α,β-unsaturated/α-hetero) is 1. The summed E-state index contributed by atoms with van der Waals surface area (Å²) >= 11 is 0. The highest BCUT2D eigenvalue weighted by Crippen LogP contribution is 2.14. The lowest BCUT2D eigenvalue weighted by molar-refractivity contribution is -0.121. The molecule has 61 valence electrons. The fraction of sp³-hybridized carbons (Fsp3) is 0.600. The van der Waals surface area contributed by atoms with Gasteiger partial charge in [0.05, 0.1) is 0 Å². The fourth-order valence-corrected chi connectivity index (χ4v) is 0.734. The average molecular weight is 151 g/mol. The Morgan fingerprint density at radius 2 is 2.09 bits per heavy atom. The van der Waals surface area contributed by atoms with Crippen LogP contribution in [0.2, 0.25) is 0 Å². The van der Waals surface area contributed by atoms with Crippen LogP contribution in [0.1, 0.15) is 33.6 Å². The van der Waals surface area contributed by atoms with Gasteiger partial charge in [-0.25, -0.2) is 0 Å². The fourth-order valence-electron chi connectivity index (χ4n) is 0.734. The molecule has 0 heterocycles. The zero-order chi connectivity index (χ0) is 8.85. The molecule has 1 radical (unpaired) electrons. The van der Waals surface area contributed by atoms with Crippen molar-refractivity contribution in [2.75, 3.05) is 0 Å². The number of hydrogen-bond acceptors (Lipinski definition) is 1. The average Bonchev–Trinajstić information content (AvgIpc) is 1.98. The van der Waals surface area contributed by atoms with Crippen molar-refractivity contribution in [2.45, 2.75) is 33.6 Å². The van der Waals surface area contributed by atoms with Crippen molar-refractivity contribution in [1.29, 1.82) is 0 Å². The van der Waals surface area contributed by atoms with Crippen LogP contribution >= 0.6 is 0 Å². The quantitative estimate of drug-likeness (QED) is 0.563. The maximum Gasteiger partial charge on any atom is 0.137 e. The molecule has 0 rings (SSSR count). The Labute approximate surface area is 69.2 Å². The van der Waals surface area contributed by atoms with Crippen LogP contribution in [0.25, 0.3) is 0 Å². The van der Waals surface area contributed by atoms with E-state index in [4.69, 9.17) is 6.42 Å². The zero-order valence-corrected chi connectivity index (χ0v) is 7.48. The maximum atomic E-state index is 11.2. The van der Waals surface area contributed by atoms with Gasteiger partial charge in [-0.2, -0.15) is 0 Å². The second-order valence-electron chi connectivity index (χ2n) is 2.97. The Balaban J connectivity index is 3.76. The van der Waals surface area contributed by atoms with E-state index in [0.29, 0.717) is 12.8 Å². The van der Waals surface area contributed by atoms with Crippen molar-refractivity contribution in [2.24, 2.45) is 5.92 Å². The third-order valence-electron chi connectivity index (χ3n) is 1.86. The van der Waals surface area contributed by atoms with Crippen LogP contribution < -0.4 is 0 Å². The minimum absolute atomic E-state index is 0.0725. The molecule has 1 unspecified atom stereocenters. The third-order valence-corrected chi connectivity index (χ3v) is 1.86. The van der Waals surface area contributed by atoms with Crippen LogP contribution in [-0.4, -0.2) is 5.78 Å². The molecule has 0 aromatic carbocycles. The van der Waals surface area contributed by atoms with Gasteiger partial charge in [-0.05, 0) is 5.92 Å². The molecule has 0 aromatic rings. The van der Waals surface area contributed by atoms with Gasteiger partial charge in [0, 0.05) is 18.8 Å². The summed E-state index contributed by atoms with van der Waals surface area (Å²) in [5.74, 6) is 3.95. The first kappa shape index (κ1) is 10.2. The molecule has 0 aromatic heterocycles. The molecule has 0 spiro atoms.